The van der Waals surface area contributed by atoms with Gasteiger partial charge in [-0.25, -0.2) is 0 Å². The van der Waals surface area contributed by atoms with Crippen molar-refractivity contribution in [3.63, 3.8) is 0 Å². The zero-order chi connectivity index (χ0) is 20.6. The number of aliphatic hydroxyl groups excluding tert-OH is 1. The number of hydrogen-bond donors (Lipinski definition) is 2. The lowest BCUT2D eigenvalue weighted by molar-refractivity contribution is -0.148. The largest absolute Gasteiger partial charge is 0.469 e. The first-order valence-corrected chi connectivity index (χ1v) is 10.0. The van der Waals surface area contributed by atoms with Gasteiger partial charge in [0.15, 0.2) is 0 Å². The van der Waals surface area contributed by atoms with E-state index in [1.807, 2.05) is 13.8 Å². The molecule has 28 heavy (non-hydrogen) atoms. The van der Waals surface area contributed by atoms with Crippen molar-refractivity contribution in [2.24, 2.45) is 17.8 Å². The number of esters is 1. The van der Waals surface area contributed by atoms with Gasteiger partial charge in [-0.1, -0.05) is 42.8 Å². The highest BCUT2D eigenvalue weighted by Gasteiger charge is 2.45. The maximum absolute atomic E-state index is 12.2. The van der Waals surface area contributed by atoms with Gasteiger partial charge >= 0.3 is 5.97 Å². The Morgan fingerprint density at radius 3 is 2.61 bits per heavy atom. The molecular weight excluding hydrogens is 352 g/mol. The standard InChI is InChI=1S/C24H32O4/c1-14(2)11-24(27)12-18-7-6-17(9-19(18)13-24)8-15(3)20-10-21(25)16(4)22(20)23(26)28-5/h6-7,9,16,20-22,25,27H,1,3,8,10-13H2,2,4-5H3/t16-,20+,21-,22+,24?/m1/s1. The first-order valence-electron chi connectivity index (χ1n) is 10.0. The smallest absolute Gasteiger partial charge is 0.309 e. The molecular formula is C24H32O4. The molecule has 152 valence electrons. The molecule has 1 unspecified atom stereocenters. The average Bonchev–Trinajstić information content (AvgIpc) is 3.09. The molecule has 4 heteroatoms. The molecule has 0 amide bonds. The van der Waals surface area contributed by atoms with Gasteiger partial charge in [0, 0.05) is 12.8 Å². The van der Waals surface area contributed by atoms with E-state index in [-0.39, 0.29) is 23.7 Å². The van der Waals surface area contributed by atoms with E-state index in [1.165, 1.54) is 18.2 Å². The van der Waals surface area contributed by atoms with Crippen molar-refractivity contribution in [3.8, 4) is 0 Å². The van der Waals surface area contributed by atoms with E-state index < -0.39 is 11.7 Å². The highest BCUT2D eigenvalue weighted by molar-refractivity contribution is 5.74. The fraction of sp³-hybridized carbons (Fsp3) is 0.542. The topological polar surface area (TPSA) is 66.8 Å². The van der Waals surface area contributed by atoms with E-state index in [1.54, 1.807) is 0 Å². The number of carbonyl (C=O) groups excluding carboxylic acids is 1. The molecule has 0 spiro atoms. The van der Waals surface area contributed by atoms with Gasteiger partial charge in [-0.3, -0.25) is 4.79 Å². The Labute approximate surface area is 167 Å². The molecule has 3 rings (SSSR count). The molecule has 0 radical (unpaired) electrons. The highest BCUT2D eigenvalue weighted by atomic mass is 16.5. The molecule has 2 aliphatic carbocycles. The van der Waals surface area contributed by atoms with E-state index in [4.69, 9.17) is 4.74 Å². The van der Waals surface area contributed by atoms with Crippen molar-refractivity contribution >= 4 is 5.97 Å². The van der Waals surface area contributed by atoms with E-state index >= 15 is 0 Å². The number of ether oxygens (including phenoxy) is 1. The van der Waals surface area contributed by atoms with Crippen LogP contribution < -0.4 is 0 Å². The maximum Gasteiger partial charge on any atom is 0.309 e. The second-order valence-electron chi connectivity index (χ2n) is 8.97. The van der Waals surface area contributed by atoms with E-state index in [0.717, 1.165) is 16.7 Å². The number of carbonyl (C=O) groups is 1. The quantitative estimate of drug-likeness (QED) is 0.583. The first-order chi connectivity index (χ1) is 13.1. The van der Waals surface area contributed by atoms with Crippen LogP contribution in [0.3, 0.4) is 0 Å². The summed E-state index contributed by atoms with van der Waals surface area (Å²) in [5, 5.41) is 21.1. The van der Waals surface area contributed by atoms with Crippen molar-refractivity contribution < 1.29 is 19.7 Å². The summed E-state index contributed by atoms with van der Waals surface area (Å²) in [4.78, 5) is 12.2. The average molecular weight is 385 g/mol. The number of allylic oxidation sites excluding steroid dienone is 1. The molecule has 1 fully saturated rings. The predicted molar refractivity (Wildman–Crippen MR) is 110 cm³/mol. The first kappa shape index (κ1) is 20.8. The molecule has 1 saturated carbocycles. The van der Waals surface area contributed by atoms with Gasteiger partial charge in [0.1, 0.15) is 0 Å². The van der Waals surface area contributed by atoms with Crippen LogP contribution in [0.4, 0.5) is 0 Å². The molecule has 0 saturated heterocycles. The number of benzene rings is 1. The summed E-state index contributed by atoms with van der Waals surface area (Å²) >= 11 is 0. The molecule has 0 heterocycles. The summed E-state index contributed by atoms with van der Waals surface area (Å²) in [5.74, 6) is -0.825. The van der Waals surface area contributed by atoms with Gasteiger partial charge in [0.05, 0.1) is 24.7 Å². The van der Waals surface area contributed by atoms with Crippen LogP contribution in [0.1, 0.15) is 43.4 Å². The minimum atomic E-state index is -0.731. The van der Waals surface area contributed by atoms with Gasteiger partial charge in [0.25, 0.3) is 0 Å². The minimum absolute atomic E-state index is 0.0777. The Bertz CT molecular complexity index is 796. The summed E-state index contributed by atoms with van der Waals surface area (Å²) in [6.07, 6.45) is 2.60. The zero-order valence-corrected chi connectivity index (χ0v) is 17.2. The lowest BCUT2D eigenvalue weighted by Gasteiger charge is -2.22. The van der Waals surface area contributed by atoms with Gasteiger partial charge in [0.2, 0.25) is 0 Å². The Hall–Kier alpha value is -1.91. The second-order valence-corrected chi connectivity index (χ2v) is 8.97. The van der Waals surface area contributed by atoms with Crippen LogP contribution in [0.5, 0.6) is 0 Å². The Morgan fingerprint density at radius 1 is 1.29 bits per heavy atom. The number of rotatable bonds is 6. The fourth-order valence-corrected chi connectivity index (χ4v) is 5.14. The normalized spacial score (nSPS) is 31.5. The van der Waals surface area contributed by atoms with E-state index in [0.29, 0.717) is 32.1 Å². The van der Waals surface area contributed by atoms with Crippen LogP contribution in [-0.2, 0) is 28.8 Å². The summed E-state index contributed by atoms with van der Waals surface area (Å²) in [6.45, 7) is 12.0. The van der Waals surface area contributed by atoms with Gasteiger partial charge in [-0.05, 0) is 54.7 Å². The van der Waals surface area contributed by atoms with Gasteiger partial charge in [-0.15, -0.1) is 6.58 Å². The van der Waals surface area contributed by atoms with Crippen molar-refractivity contribution in [2.75, 3.05) is 7.11 Å². The number of aliphatic hydroxyl groups is 2. The summed E-state index contributed by atoms with van der Waals surface area (Å²) < 4.78 is 4.97. The molecule has 1 aromatic carbocycles. The summed E-state index contributed by atoms with van der Waals surface area (Å²) in [5.41, 5.74) is 4.71. The number of methoxy groups -OCH3 is 1. The summed E-state index contributed by atoms with van der Waals surface area (Å²) in [6, 6.07) is 6.33. The van der Waals surface area contributed by atoms with E-state index in [2.05, 4.69) is 31.4 Å². The summed E-state index contributed by atoms with van der Waals surface area (Å²) in [7, 11) is 1.40. The Morgan fingerprint density at radius 2 is 1.96 bits per heavy atom. The minimum Gasteiger partial charge on any atom is -0.469 e. The number of hydrogen-bond acceptors (Lipinski definition) is 4. The predicted octanol–water partition coefficient (Wildman–Crippen LogP) is 3.39. The Kier molecular flexibility index (Phi) is 5.83. The molecule has 0 aliphatic heterocycles. The molecule has 2 N–H and O–H groups in total. The molecule has 4 nitrogen and oxygen atoms in total. The van der Waals surface area contributed by atoms with Crippen LogP contribution >= 0.6 is 0 Å². The highest BCUT2D eigenvalue weighted by Crippen LogP contribution is 2.42. The van der Waals surface area contributed by atoms with Crippen LogP contribution in [0.25, 0.3) is 0 Å². The molecule has 5 atom stereocenters. The number of fused-ring (bicyclic) bond motifs is 1. The molecule has 0 aromatic heterocycles. The SMILES string of the molecule is C=C(C)CC1(O)Cc2ccc(CC(=C)[C@@H]3C[C@@H](O)[C@@H](C)[C@@H]3C(=O)OC)cc2C1. The maximum atomic E-state index is 12.2. The molecule has 1 aromatic rings. The molecule has 2 aliphatic rings. The zero-order valence-electron chi connectivity index (χ0n) is 17.2. The third kappa shape index (κ3) is 4.08. The third-order valence-electron chi connectivity index (χ3n) is 6.47. The van der Waals surface area contributed by atoms with Crippen LogP contribution in [0, 0.1) is 17.8 Å². The van der Waals surface area contributed by atoms with Gasteiger partial charge < -0.3 is 14.9 Å². The van der Waals surface area contributed by atoms with E-state index in [9.17, 15) is 15.0 Å². The van der Waals surface area contributed by atoms with Crippen molar-refractivity contribution in [3.05, 3.63) is 59.2 Å². The van der Waals surface area contributed by atoms with Crippen molar-refractivity contribution in [2.45, 2.75) is 57.7 Å². The van der Waals surface area contributed by atoms with Crippen LogP contribution in [0.2, 0.25) is 0 Å². The third-order valence-corrected chi connectivity index (χ3v) is 6.47. The lowest BCUT2D eigenvalue weighted by Crippen LogP contribution is -2.29. The van der Waals surface area contributed by atoms with Crippen molar-refractivity contribution in [1.29, 1.82) is 0 Å². The lowest BCUT2D eigenvalue weighted by atomic mass is 9.83. The van der Waals surface area contributed by atoms with Gasteiger partial charge in [-0.2, -0.15) is 0 Å². The van der Waals surface area contributed by atoms with Crippen molar-refractivity contribution in [1.82, 2.24) is 0 Å². The van der Waals surface area contributed by atoms with Crippen LogP contribution in [-0.4, -0.2) is 35.0 Å². The Balaban J connectivity index is 1.73. The monoisotopic (exact) mass is 384 g/mol. The fourth-order valence-electron chi connectivity index (χ4n) is 5.14. The molecule has 0 bridgehead atoms. The second kappa shape index (κ2) is 7.84. The van der Waals surface area contributed by atoms with Crippen LogP contribution in [0.15, 0.2) is 42.5 Å².